The Balaban J connectivity index is 2.20. The van der Waals surface area contributed by atoms with Crippen molar-refractivity contribution < 1.29 is 19.4 Å². The van der Waals surface area contributed by atoms with Gasteiger partial charge in [-0.1, -0.05) is 18.5 Å². The van der Waals surface area contributed by atoms with Gasteiger partial charge in [-0.25, -0.2) is 9.78 Å². The van der Waals surface area contributed by atoms with Crippen molar-refractivity contribution in [2.75, 3.05) is 7.11 Å². The van der Waals surface area contributed by atoms with Crippen molar-refractivity contribution in [1.82, 2.24) is 4.98 Å². The van der Waals surface area contributed by atoms with Crippen LogP contribution in [0.2, 0.25) is 5.02 Å². The number of benzene rings is 1. The van der Waals surface area contributed by atoms with Gasteiger partial charge in [-0.05, 0) is 18.6 Å². The topological polar surface area (TPSA) is 68.7 Å². The third-order valence-electron chi connectivity index (χ3n) is 2.74. The molecule has 21 heavy (non-hydrogen) atoms. The van der Waals surface area contributed by atoms with Crippen LogP contribution >= 0.6 is 22.9 Å². The number of carboxylic acid groups (broad SMARTS) is 1. The summed E-state index contributed by atoms with van der Waals surface area (Å²) in [5.41, 5.74) is 0.850. The molecular formula is C14H14ClNO4S. The number of nitrogens with zero attached hydrogens (tertiary/aromatic N) is 1. The summed E-state index contributed by atoms with van der Waals surface area (Å²) in [7, 11) is 1.43. The molecule has 1 N–H and O–H groups in total. The fourth-order valence-electron chi connectivity index (χ4n) is 1.71. The molecule has 2 rings (SSSR count). The summed E-state index contributed by atoms with van der Waals surface area (Å²) in [6.07, 6.45) is 0.877. The van der Waals surface area contributed by atoms with E-state index in [0.717, 1.165) is 17.1 Å². The van der Waals surface area contributed by atoms with Crippen LogP contribution in [-0.4, -0.2) is 23.2 Å². The lowest BCUT2D eigenvalue weighted by atomic mass is 10.2. The van der Waals surface area contributed by atoms with E-state index in [-0.39, 0.29) is 22.9 Å². The number of aromatic nitrogens is 1. The molecule has 0 aliphatic heterocycles. The summed E-state index contributed by atoms with van der Waals surface area (Å²) in [5, 5.41) is 12.1. The molecule has 0 amide bonds. The van der Waals surface area contributed by atoms with Gasteiger partial charge in [0.25, 0.3) is 0 Å². The second-order valence-corrected chi connectivity index (χ2v) is 5.52. The van der Waals surface area contributed by atoms with Crippen LogP contribution in [0.1, 0.15) is 28.0 Å². The van der Waals surface area contributed by atoms with E-state index in [2.05, 4.69) is 4.98 Å². The maximum absolute atomic E-state index is 11.0. The Morgan fingerprint density at radius 2 is 2.24 bits per heavy atom. The number of aromatic carboxylic acids is 1. The zero-order valence-corrected chi connectivity index (χ0v) is 13.1. The van der Waals surface area contributed by atoms with Gasteiger partial charge in [0.2, 0.25) is 0 Å². The molecule has 112 valence electrons. The van der Waals surface area contributed by atoms with E-state index in [4.69, 9.17) is 26.2 Å². The van der Waals surface area contributed by atoms with Gasteiger partial charge in [-0.3, -0.25) is 0 Å². The number of carboxylic acids is 1. The van der Waals surface area contributed by atoms with Crippen LogP contribution in [-0.2, 0) is 13.0 Å². The molecule has 0 spiro atoms. The number of hydrogen-bond acceptors (Lipinski definition) is 5. The van der Waals surface area contributed by atoms with E-state index in [1.54, 1.807) is 11.3 Å². The standard InChI is InChI=1S/C14H14ClNO4S/c1-3-12-16-9(7-21-12)6-20-13-10(15)4-8(14(17)18)5-11(13)19-2/h4-5,7H,3,6H2,1-2H3,(H,17,18). The Labute approximate surface area is 131 Å². The van der Waals surface area contributed by atoms with Gasteiger partial charge < -0.3 is 14.6 Å². The first-order valence-electron chi connectivity index (χ1n) is 6.22. The van der Waals surface area contributed by atoms with E-state index in [1.807, 2.05) is 12.3 Å². The first-order chi connectivity index (χ1) is 10.0. The number of carbonyl (C=O) groups is 1. The highest BCUT2D eigenvalue weighted by molar-refractivity contribution is 7.09. The average Bonchev–Trinajstić information content (AvgIpc) is 2.93. The molecule has 2 aromatic rings. The first-order valence-corrected chi connectivity index (χ1v) is 7.47. The van der Waals surface area contributed by atoms with E-state index in [0.29, 0.717) is 5.75 Å². The van der Waals surface area contributed by atoms with E-state index >= 15 is 0 Å². The molecule has 0 aliphatic carbocycles. The van der Waals surface area contributed by atoms with Crippen LogP contribution in [0.5, 0.6) is 11.5 Å². The molecule has 7 heteroatoms. The molecular weight excluding hydrogens is 314 g/mol. The maximum Gasteiger partial charge on any atom is 0.335 e. The third kappa shape index (κ3) is 3.65. The van der Waals surface area contributed by atoms with Crippen LogP contribution in [0, 0.1) is 0 Å². The van der Waals surface area contributed by atoms with Gasteiger partial charge in [-0.2, -0.15) is 0 Å². The Morgan fingerprint density at radius 1 is 1.48 bits per heavy atom. The van der Waals surface area contributed by atoms with Crippen molar-refractivity contribution in [1.29, 1.82) is 0 Å². The lowest BCUT2D eigenvalue weighted by Gasteiger charge is -2.12. The smallest absolute Gasteiger partial charge is 0.335 e. The molecule has 1 aromatic heterocycles. The van der Waals surface area contributed by atoms with Crippen molar-refractivity contribution in [2.45, 2.75) is 20.0 Å². The highest BCUT2D eigenvalue weighted by Gasteiger charge is 2.16. The molecule has 0 bridgehead atoms. The van der Waals surface area contributed by atoms with Gasteiger partial charge in [0, 0.05) is 5.38 Å². The summed E-state index contributed by atoms with van der Waals surface area (Å²) in [4.78, 5) is 15.4. The zero-order chi connectivity index (χ0) is 15.4. The number of rotatable bonds is 6. The normalized spacial score (nSPS) is 10.4. The molecule has 0 saturated carbocycles. The zero-order valence-electron chi connectivity index (χ0n) is 11.6. The number of aryl methyl sites for hydroxylation is 1. The van der Waals surface area contributed by atoms with Crippen molar-refractivity contribution in [3.63, 3.8) is 0 Å². The number of methoxy groups -OCH3 is 1. The minimum absolute atomic E-state index is 0.0473. The number of thiazole rings is 1. The largest absolute Gasteiger partial charge is 0.493 e. The highest BCUT2D eigenvalue weighted by Crippen LogP contribution is 2.37. The van der Waals surface area contributed by atoms with Crippen LogP contribution in [0.25, 0.3) is 0 Å². The Morgan fingerprint density at radius 3 is 2.81 bits per heavy atom. The Bertz CT molecular complexity index is 656. The van der Waals surface area contributed by atoms with Crippen LogP contribution < -0.4 is 9.47 Å². The summed E-state index contributed by atoms with van der Waals surface area (Å²) >= 11 is 7.64. The van der Waals surface area contributed by atoms with Crippen molar-refractivity contribution in [2.24, 2.45) is 0 Å². The third-order valence-corrected chi connectivity index (χ3v) is 4.07. The Hall–Kier alpha value is -1.79. The van der Waals surface area contributed by atoms with Gasteiger partial charge in [-0.15, -0.1) is 11.3 Å². The van der Waals surface area contributed by atoms with Crippen molar-refractivity contribution in [3.05, 3.63) is 38.8 Å². The molecule has 0 fully saturated rings. The predicted octanol–water partition coefficient (Wildman–Crippen LogP) is 3.64. The fraction of sp³-hybridized carbons (Fsp3) is 0.286. The van der Waals surface area contributed by atoms with E-state index in [1.165, 1.54) is 19.2 Å². The fourth-order valence-corrected chi connectivity index (χ4v) is 2.70. The van der Waals surface area contributed by atoms with Gasteiger partial charge in [0.1, 0.15) is 6.61 Å². The SMILES string of the molecule is CCc1nc(COc2c(Cl)cc(C(=O)O)cc2OC)cs1. The lowest BCUT2D eigenvalue weighted by Crippen LogP contribution is -2.02. The summed E-state index contributed by atoms with van der Waals surface area (Å²) in [6, 6.07) is 2.71. The van der Waals surface area contributed by atoms with Gasteiger partial charge in [0.15, 0.2) is 11.5 Å². The first kappa shape index (κ1) is 15.6. The molecule has 0 atom stereocenters. The minimum Gasteiger partial charge on any atom is -0.493 e. The molecule has 0 unspecified atom stereocenters. The van der Waals surface area contributed by atoms with E-state index < -0.39 is 5.97 Å². The Kier molecular flexibility index (Phi) is 5.03. The molecule has 0 aliphatic rings. The quantitative estimate of drug-likeness (QED) is 0.877. The number of hydrogen-bond donors (Lipinski definition) is 1. The second kappa shape index (κ2) is 6.78. The number of ether oxygens (including phenoxy) is 2. The minimum atomic E-state index is -1.08. The summed E-state index contributed by atoms with van der Waals surface area (Å²) in [6.45, 7) is 2.28. The maximum atomic E-state index is 11.0. The molecule has 0 saturated heterocycles. The highest BCUT2D eigenvalue weighted by atomic mass is 35.5. The van der Waals surface area contributed by atoms with Crippen molar-refractivity contribution in [3.8, 4) is 11.5 Å². The number of halogens is 1. The van der Waals surface area contributed by atoms with Crippen molar-refractivity contribution >= 4 is 28.9 Å². The predicted molar refractivity (Wildman–Crippen MR) is 80.8 cm³/mol. The summed E-state index contributed by atoms with van der Waals surface area (Å²) < 4.78 is 10.8. The average molecular weight is 328 g/mol. The molecule has 1 heterocycles. The molecule has 1 aromatic carbocycles. The van der Waals surface area contributed by atoms with Crippen LogP contribution in [0.15, 0.2) is 17.5 Å². The monoisotopic (exact) mass is 327 g/mol. The van der Waals surface area contributed by atoms with Gasteiger partial charge in [0.05, 0.1) is 28.4 Å². The van der Waals surface area contributed by atoms with Crippen LogP contribution in [0.3, 0.4) is 0 Å². The van der Waals surface area contributed by atoms with Crippen LogP contribution in [0.4, 0.5) is 0 Å². The van der Waals surface area contributed by atoms with E-state index in [9.17, 15) is 4.79 Å². The lowest BCUT2D eigenvalue weighted by molar-refractivity contribution is 0.0696. The second-order valence-electron chi connectivity index (χ2n) is 4.17. The molecule has 0 radical (unpaired) electrons. The van der Waals surface area contributed by atoms with Gasteiger partial charge >= 0.3 is 5.97 Å². The summed E-state index contributed by atoms with van der Waals surface area (Å²) in [5.74, 6) is -0.477. The molecule has 5 nitrogen and oxygen atoms in total.